The number of benzene rings is 16. The monoisotopic (exact) mass is 1590 g/mol. The van der Waals surface area contributed by atoms with Gasteiger partial charge in [0.25, 0.3) is 0 Å². The molecule has 602 valence electrons. The van der Waals surface area contributed by atoms with E-state index >= 15 is 0 Å². The lowest BCUT2D eigenvalue weighted by Crippen LogP contribution is -2.26. The molecule has 0 N–H and O–H groups in total. The van der Waals surface area contributed by atoms with Crippen molar-refractivity contribution >= 4 is 65.4 Å². The van der Waals surface area contributed by atoms with Crippen LogP contribution in [-0.2, 0) is 27.1 Å². The fourth-order valence-corrected chi connectivity index (χ4v) is 23.9. The zero-order valence-corrected chi connectivity index (χ0v) is 72.9. The normalized spacial score (nSPS) is 15.2. The number of unbranched alkanes of at least 4 members (excludes halogenated alkanes) is 10. The molecule has 2 heteroatoms. The van der Waals surface area contributed by atoms with Crippen LogP contribution in [0.1, 0.15) is 215 Å². The molecule has 2 aromatic heterocycles. The Morgan fingerprint density at radius 2 is 0.463 bits per heavy atom. The van der Waals surface area contributed by atoms with Gasteiger partial charge in [0.1, 0.15) is 22.3 Å². The summed E-state index contributed by atoms with van der Waals surface area (Å²) in [6, 6.07) is 113. The Hall–Kier alpha value is -12.4. The third-order valence-electron chi connectivity index (χ3n) is 30.7. The van der Waals surface area contributed by atoms with Crippen LogP contribution in [0.4, 0.5) is 0 Å². The van der Waals surface area contributed by atoms with Crippen molar-refractivity contribution in [1.29, 1.82) is 0 Å². The van der Waals surface area contributed by atoms with Gasteiger partial charge in [0.15, 0.2) is 0 Å². The first-order valence-electron chi connectivity index (χ1n) is 46.0. The summed E-state index contributed by atoms with van der Waals surface area (Å²) in [6.45, 7) is 24.2. The van der Waals surface area contributed by atoms with E-state index in [-0.39, 0.29) is 27.1 Å². The highest BCUT2D eigenvalue weighted by atomic mass is 16.3. The number of hydrogen-bond acceptors (Lipinski definition) is 2. The molecule has 0 radical (unpaired) electrons. The minimum absolute atomic E-state index is 0.0638. The van der Waals surface area contributed by atoms with E-state index in [1.165, 1.54) is 254 Å². The fourth-order valence-electron chi connectivity index (χ4n) is 23.9. The molecule has 0 aliphatic heterocycles. The van der Waals surface area contributed by atoms with Crippen molar-refractivity contribution in [2.45, 2.75) is 186 Å². The van der Waals surface area contributed by atoms with E-state index < -0.39 is 0 Å². The molecule has 2 heterocycles. The molecule has 123 heavy (non-hydrogen) atoms. The van der Waals surface area contributed by atoms with Crippen molar-refractivity contribution in [3.8, 4) is 122 Å². The zero-order chi connectivity index (χ0) is 83.2. The Bertz CT molecular complexity index is 6990. The quantitative estimate of drug-likeness (QED) is 0.0711. The highest BCUT2D eigenvalue weighted by Crippen LogP contribution is 2.65. The van der Waals surface area contributed by atoms with E-state index in [9.17, 15) is 0 Å². The van der Waals surface area contributed by atoms with E-state index in [0.717, 1.165) is 67.8 Å². The number of furan rings is 2. The Balaban J connectivity index is 0.581. The Labute approximate surface area is 724 Å². The lowest BCUT2D eigenvalue weighted by Gasteiger charge is -2.34. The van der Waals surface area contributed by atoms with Crippen LogP contribution in [0.25, 0.3) is 188 Å². The smallest absolute Gasteiger partial charge is 0.136 e. The summed E-state index contributed by atoms with van der Waals surface area (Å²) >= 11 is 0. The van der Waals surface area contributed by atoms with Crippen LogP contribution >= 0.6 is 0 Å². The topological polar surface area (TPSA) is 26.3 Å². The highest BCUT2D eigenvalue weighted by molar-refractivity contribution is 6.14. The standard InChI is InChI=1S/C121H106O2/c1-11-13-15-17-19-29-59-121(60-30-20-18-16-14-12-2)107-71-99-105(119(7,8)109-67-95(83-31-21-23-35-93(83)115(99)109)75-43-39-73(40-44-75)79-49-55-89-91-57-51-81(65-113(91)122-111(89)63-79)77-47-53-87-85-33-25-27-37-101(85)117(3,4)103(87)61-77)69-97(107)98-70-106-100(72-108(98)121)116-94-36-24-22-32-84(94)96(68-110(116)120(106,9)10)76-45-41-74(42-46-76)80-50-56-90-92-58-52-82(66-114(92)123-112(90)64-80)78-48-54-88-86-34-26-28-38-102(86)118(5,6)104(88)62-78/h21-28,31-58,61-72H,11-20,29-30,59-60H2,1-10H3. The van der Waals surface area contributed by atoms with Crippen molar-refractivity contribution < 1.29 is 8.83 Å². The lowest BCUT2D eigenvalue weighted by molar-refractivity contribution is 0.398. The SMILES string of the molecule is CCCCCCCCC1(CCCCCCCC)c2cc3c(cc2-c2cc4c(cc21)-c1c(cc(-c2ccc(-c5ccc6c(c5)oc5cc(-c7ccc8c(c7)C(C)(C)c7ccccc7-8)ccc56)cc2)c2ccccc12)C4(C)C)C(C)(C)c1cc(-c2ccc(-c4ccc5c(c4)oc4cc(-c6ccc7c(c6)C(C)(C)c6ccccc6-7)ccc45)cc2)c2ccccc2c1-3. The predicted octanol–water partition coefficient (Wildman–Crippen LogP) is 34.8. The molecule has 0 saturated carbocycles. The third kappa shape index (κ3) is 11.6. The van der Waals surface area contributed by atoms with Crippen molar-refractivity contribution in [1.82, 2.24) is 0 Å². The maximum absolute atomic E-state index is 6.82. The molecule has 0 unspecified atom stereocenters. The molecule has 0 bridgehead atoms. The number of fused-ring (bicyclic) bond motifs is 25. The van der Waals surface area contributed by atoms with Crippen LogP contribution in [-0.4, -0.2) is 0 Å². The molecule has 23 rings (SSSR count). The second-order valence-electron chi connectivity index (χ2n) is 39.1. The number of rotatable bonds is 20. The molecule has 16 aromatic carbocycles. The second kappa shape index (κ2) is 28.4. The summed E-state index contributed by atoms with van der Waals surface area (Å²) in [4.78, 5) is 0. The summed E-state index contributed by atoms with van der Waals surface area (Å²) in [6.07, 6.45) is 17.6. The molecule has 0 saturated heterocycles. The highest BCUT2D eigenvalue weighted by Gasteiger charge is 2.49. The molecular weight excluding hydrogens is 1490 g/mol. The first kappa shape index (κ1) is 75.6. The predicted molar refractivity (Wildman–Crippen MR) is 521 cm³/mol. The third-order valence-corrected chi connectivity index (χ3v) is 30.7. The van der Waals surface area contributed by atoms with E-state index in [1.807, 2.05) is 0 Å². The van der Waals surface area contributed by atoms with Gasteiger partial charge in [-0.25, -0.2) is 0 Å². The van der Waals surface area contributed by atoms with Crippen LogP contribution < -0.4 is 0 Å². The average Bonchev–Trinajstić information content (AvgIpc) is 1.51. The van der Waals surface area contributed by atoms with Gasteiger partial charge in [-0.2, -0.15) is 0 Å². The lowest BCUT2D eigenvalue weighted by atomic mass is 9.69. The van der Waals surface area contributed by atoms with Gasteiger partial charge in [-0.1, -0.05) is 340 Å². The minimum atomic E-state index is -0.278. The summed E-state index contributed by atoms with van der Waals surface area (Å²) in [5.41, 5.74) is 45.7. The molecule has 5 aliphatic rings. The molecule has 18 aromatic rings. The molecule has 0 amide bonds. The first-order valence-corrected chi connectivity index (χ1v) is 46.0. The summed E-state index contributed by atoms with van der Waals surface area (Å²) in [7, 11) is 0. The first-order chi connectivity index (χ1) is 59.9. The van der Waals surface area contributed by atoms with Gasteiger partial charge >= 0.3 is 0 Å². The molecule has 2 nitrogen and oxygen atoms in total. The van der Waals surface area contributed by atoms with Crippen LogP contribution in [0.15, 0.2) is 300 Å². The van der Waals surface area contributed by atoms with Gasteiger partial charge in [0.2, 0.25) is 0 Å². The van der Waals surface area contributed by atoms with Gasteiger partial charge in [-0.15, -0.1) is 0 Å². The van der Waals surface area contributed by atoms with E-state index in [4.69, 9.17) is 8.83 Å². The van der Waals surface area contributed by atoms with Crippen molar-refractivity contribution in [2.24, 2.45) is 0 Å². The largest absolute Gasteiger partial charge is 0.456 e. The maximum Gasteiger partial charge on any atom is 0.136 e. The van der Waals surface area contributed by atoms with E-state index in [1.54, 1.807) is 11.1 Å². The van der Waals surface area contributed by atoms with Crippen molar-refractivity contribution in [3.63, 3.8) is 0 Å². The molecule has 0 fully saturated rings. The van der Waals surface area contributed by atoms with Crippen LogP contribution in [0.5, 0.6) is 0 Å². The number of hydrogen-bond donors (Lipinski definition) is 0. The van der Waals surface area contributed by atoms with Gasteiger partial charge in [-0.3, -0.25) is 0 Å². The maximum atomic E-state index is 6.82. The van der Waals surface area contributed by atoms with Crippen molar-refractivity contribution in [3.05, 3.63) is 347 Å². The average molecular weight is 1590 g/mol. The fraction of sp³-hybridized carbons (Fsp3) is 0.240. The minimum Gasteiger partial charge on any atom is -0.456 e. The second-order valence-corrected chi connectivity index (χ2v) is 39.1. The molecular formula is C121H106O2. The van der Waals surface area contributed by atoms with Crippen molar-refractivity contribution in [2.75, 3.05) is 0 Å². The Kier molecular flexibility index (Phi) is 17.4. The summed E-state index contributed by atoms with van der Waals surface area (Å²) in [5, 5.41) is 9.86. The van der Waals surface area contributed by atoms with Gasteiger partial charge in [0, 0.05) is 48.6 Å². The van der Waals surface area contributed by atoms with E-state index in [0.29, 0.717) is 0 Å². The van der Waals surface area contributed by atoms with Crippen LogP contribution in [0.3, 0.4) is 0 Å². The van der Waals surface area contributed by atoms with Gasteiger partial charge < -0.3 is 8.83 Å². The van der Waals surface area contributed by atoms with E-state index in [2.05, 4.69) is 360 Å². The summed E-state index contributed by atoms with van der Waals surface area (Å²) < 4.78 is 13.6. The van der Waals surface area contributed by atoms with Gasteiger partial charge in [-0.05, 0) is 309 Å². The Morgan fingerprint density at radius 1 is 0.187 bits per heavy atom. The van der Waals surface area contributed by atoms with Crippen LogP contribution in [0, 0.1) is 0 Å². The van der Waals surface area contributed by atoms with Gasteiger partial charge in [0.05, 0.1) is 0 Å². The Morgan fingerprint density at radius 3 is 0.854 bits per heavy atom. The summed E-state index contributed by atoms with van der Waals surface area (Å²) in [5.74, 6) is 0. The molecule has 0 atom stereocenters. The molecule has 5 aliphatic carbocycles. The molecule has 0 spiro atoms. The zero-order valence-electron chi connectivity index (χ0n) is 72.9. The van der Waals surface area contributed by atoms with Crippen LogP contribution in [0.2, 0.25) is 0 Å².